The van der Waals surface area contributed by atoms with Crippen LogP contribution in [0.1, 0.15) is 6.92 Å². The number of aliphatic imine (C=N–C) groups is 2. The average Bonchev–Trinajstić information content (AvgIpc) is 2.18. The van der Waals surface area contributed by atoms with E-state index >= 15 is 0 Å². The van der Waals surface area contributed by atoms with Crippen LogP contribution in [-0.2, 0) is 0 Å². The summed E-state index contributed by atoms with van der Waals surface area (Å²) < 4.78 is 0. The minimum Gasteiger partial charge on any atom is -0.282 e. The van der Waals surface area contributed by atoms with E-state index in [9.17, 15) is 0 Å². The van der Waals surface area contributed by atoms with Crippen molar-refractivity contribution < 1.29 is 0 Å². The van der Waals surface area contributed by atoms with Gasteiger partial charge in [0.25, 0.3) is 0 Å². The summed E-state index contributed by atoms with van der Waals surface area (Å²) in [7, 11) is 1.78. The summed E-state index contributed by atoms with van der Waals surface area (Å²) in [6.45, 7) is 5.34. The van der Waals surface area contributed by atoms with Crippen LogP contribution >= 0.6 is 23.5 Å². The number of rotatable bonds is 4. The molecule has 0 atom stereocenters. The van der Waals surface area contributed by atoms with Crippen LogP contribution in [-0.4, -0.2) is 25.1 Å². The maximum Gasteiger partial charge on any atom is 0.0903 e. The fourth-order valence-corrected chi connectivity index (χ4v) is 1.54. The molecule has 0 bridgehead atoms. The third kappa shape index (κ3) is 6.66. The average molecular weight is 214 g/mol. The van der Waals surface area contributed by atoms with Crippen molar-refractivity contribution in [2.45, 2.75) is 6.92 Å². The molecule has 0 saturated carbocycles. The zero-order valence-electron chi connectivity index (χ0n) is 8.15. The summed E-state index contributed by atoms with van der Waals surface area (Å²) in [5.74, 6) is 0. The lowest BCUT2D eigenvalue weighted by atomic mass is 10.6. The van der Waals surface area contributed by atoms with Crippen molar-refractivity contribution in [3.63, 3.8) is 0 Å². The van der Waals surface area contributed by atoms with Gasteiger partial charge in [-0.05, 0) is 36.8 Å². The highest BCUT2D eigenvalue weighted by atomic mass is 32.2. The monoisotopic (exact) mass is 214 g/mol. The highest BCUT2D eigenvalue weighted by Gasteiger charge is 1.86. The molecule has 13 heavy (non-hydrogen) atoms. The Balaban J connectivity index is 3.95. The van der Waals surface area contributed by atoms with E-state index < -0.39 is 0 Å². The van der Waals surface area contributed by atoms with Crippen LogP contribution in [0.5, 0.6) is 0 Å². The maximum absolute atomic E-state index is 4.07. The normalized spacial score (nSPS) is 13.8. The molecular weight excluding hydrogens is 200 g/mol. The molecule has 0 amide bonds. The second-order valence-electron chi connectivity index (χ2n) is 2.12. The zero-order valence-corrected chi connectivity index (χ0v) is 9.78. The minimum absolute atomic E-state index is 0.925. The van der Waals surface area contributed by atoms with Gasteiger partial charge in [0.05, 0.1) is 5.04 Å². The van der Waals surface area contributed by atoms with E-state index in [0.717, 1.165) is 10.7 Å². The smallest absolute Gasteiger partial charge is 0.0903 e. The topological polar surface area (TPSA) is 24.7 Å². The van der Waals surface area contributed by atoms with Crippen molar-refractivity contribution >= 4 is 35.3 Å². The fourth-order valence-electron chi connectivity index (χ4n) is 0.506. The van der Waals surface area contributed by atoms with E-state index in [4.69, 9.17) is 0 Å². The van der Waals surface area contributed by atoms with Gasteiger partial charge in [0.15, 0.2) is 0 Å². The summed E-state index contributed by atoms with van der Waals surface area (Å²) >= 11 is 3.20. The Hall–Kier alpha value is -0.480. The van der Waals surface area contributed by atoms with Crippen LogP contribution in [0.3, 0.4) is 0 Å². The van der Waals surface area contributed by atoms with Gasteiger partial charge in [-0.2, -0.15) is 0 Å². The summed E-state index contributed by atoms with van der Waals surface area (Å²) in [5, 5.41) is 4.94. The van der Waals surface area contributed by atoms with Crippen LogP contribution in [0.15, 0.2) is 32.6 Å². The van der Waals surface area contributed by atoms with Crippen molar-refractivity contribution in [3.05, 3.63) is 22.6 Å². The fraction of sp³-hybridized carbons (Fsp3) is 0.333. The van der Waals surface area contributed by atoms with Crippen LogP contribution in [0.2, 0.25) is 0 Å². The SMILES string of the molecule is C=N/C(C)=C/S/C=C/C(=NC)SC. The first-order valence-electron chi connectivity index (χ1n) is 3.71. The van der Waals surface area contributed by atoms with Gasteiger partial charge in [-0.3, -0.25) is 9.98 Å². The van der Waals surface area contributed by atoms with Crippen molar-refractivity contribution in [2.24, 2.45) is 9.98 Å². The Morgan fingerprint density at radius 1 is 1.46 bits per heavy atom. The molecule has 0 N–H and O–H groups in total. The Labute approximate surface area is 88.3 Å². The first-order valence-corrected chi connectivity index (χ1v) is 5.87. The van der Waals surface area contributed by atoms with Gasteiger partial charge in [0.2, 0.25) is 0 Å². The molecule has 0 saturated heterocycles. The number of nitrogens with zero attached hydrogens (tertiary/aromatic N) is 2. The van der Waals surface area contributed by atoms with Crippen LogP contribution in [0.25, 0.3) is 0 Å². The molecule has 0 aromatic carbocycles. The van der Waals surface area contributed by atoms with E-state index in [-0.39, 0.29) is 0 Å². The molecule has 0 rings (SSSR count). The van der Waals surface area contributed by atoms with Gasteiger partial charge in [-0.25, -0.2) is 0 Å². The third-order valence-corrected chi connectivity index (χ3v) is 2.71. The third-order valence-electron chi connectivity index (χ3n) is 1.21. The zero-order chi connectivity index (χ0) is 10.1. The van der Waals surface area contributed by atoms with E-state index in [1.807, 2.05) is 30.1 Å². The summed E-state index contributed by atoms with van der Waals surface area (Å²) in [5.41, 5.74) is 0.925. The molecule has 0 aliphatic carbocycles. The number of thioether (sulfide) groups is 2. The summed E-state index contributed by atoms with van der Waals surface area (Å²) in [4.78, 5) is 7.83. The van der Waals surface area contributed by atoms with Gasteiger partial charge in [-0.15, -0.1) is 23.5 Å². The Morgan fingerprint density at radius 2 is 2.15 bits per heavy atom. The largest absolute Gasteiger partial charge is 0.282 e. The predicted molar refractivity (Wildman–Crippen MR) is 66.9 cm³/mol. The molecule has 0 aromatic heterocycles. The van der Waals surface area contributed by atoms with Gasteiger partial charge in [-0.1, -0.05) is 0 Å². The Bertz CT molecular complexity index is 242. The van der Waals surface area contributed by atoms with Crippen molar-refractivity contribution in [1.82, 2.24) is 0 Å². The van der Waals surface area contributed by atoms with Gasteiger partial charge >= 0.3 is 0 Å². The molecule has 0 unspecified atom stereocenters. The first-order chi connectivity index (χ1) is 6.24. The van der Waals surface area contributed by atoms with Gasteiger partial charge in [0.1, 0.15) is 0 Å². The quantitative estimate of drug-likeness (QED) is 0.530. The van der Waals surface area contributed by atoms with Gasteiger partial charge in [0, 0.05) is 12.7 Å². The summed E-state index contributed by atoms with van der Waals surface area (Å²) in [6.07, 6.45) is 3.98. The lowest BCUT2D eigenvalue weighted by Gasteiger charge is -1.91. The molecule has 0 spiro atoms. The maximum atomic E-state index is 4.07. The van der Waals surface area contributed by atoms with Crippen LogP contribution < -0.4 is 0 Å². The number of hydrogen-bond donors (Lipinski definition) is 0. The molecule has 72 valence electrons. The van der Waals surface area contributed by atoms with Crippen LogP contribution in [0.4, 0.5) is 0 Å². The first kappa shape index (κ1) is 12.5. The molecule has 4 heteroatoms. The van der Waals surface area contributed by atoms with E-state index in [1.54, 1.807) is 30.6 Å². The molecule has 0 aliphatic heterocycles. The molecular formula is C9H14N2S2. The Morgan fingerprint density at radius 3 is 2.62 bits per heavy atom. The molecule has 0 aliphatic rings. The van der Waals surface area contributed by atoms with Gasteiger partial charge < -0.3 is 0 Å². The second-order valence-corrected chi connectivity index (χ2v) is 3.73. The lowest BCUT2D eigenvalue weighted by molar-refractivity contribution is 1.35. The van der Waals surface area contributed by atoms with Crippen molar-refractivity contribution in [1.29, 1.82) is 0 Å². The minimum atomic E-state index is 0.925. The molecule has 0 aromatic rings. The highest BCUT2D eigenvalue weighted by molar-refractivity contribution is 8.13. The summed E-state index contributed by atoms with van der Waals surface area (Å²) in [6, 6.07) is 0. The van der Waals surface area contributed by atoms with E-state index in [0.29, 0.717) is 0 Å². The van der Waals surface area contributed by atoms with E-state index in [1.165, 1.54) is 0 Å². The Kier molecular flexibility index (Phi) is 7.83. The van der Waals surface area contributed by atoms with Crippen molar-refractivity contribution in [3.8, 4) is 0 Å². The standard InChI is InChI=1S/C9H14N2S2/c1-8(10-2)7-13-6-5-9(11-3)12-4/h5-7H,2H2,1,3-4H3/b6-5+,8-7+,11-9?. The highest BCUT2D eigenvalue weighted by Crippen LogP contribution is 2.10. The van der Waals surface area contributed by atoms with Crippen molar-refractivity contribution in [2.75, 3.05) is 13.3 Å². The second kappa shape index (κ2) is 8.13. The molecule has 2 nitrogen and oxygen atoms in total. The van der Waals surface area contributed by atoms with E-state index in [2.05, 4.69) is 16.7 Å². The predicted octanol–water partition coefficient (Wildman–Crippen LogP) is 3.19. The number of hydrogen-bond acceptors (Lipinski definition) is 4. The lowest BCUT2D eigenvalue weighted by Crippen LogP contribution is -1.81. The molecule has 0 heterocycles. The molecule has 0 radical (unpaired) electrons. The van der Waals surface area contributed by atoms with Crippen LogP contribution in [0, 0.1) is 0 Å². The number of allylic oxidation sites excluding steroid dienone is 1. The molecule has 0 fully saturated rings.